The number of halogens is 1. The molecule has 4 rings (SSSR count). The smallest absolute Gasteiger partial charge is 0.261 e. The molecular weight excluding hydrogens is 506 g/mol. The molecule has 0 saturated carbocycles. The molecule has 0 spiro atoms. The van der Waals surface area contributed by atoms with Crippen molar-refractivity contribution >= 4 is 56.0 Å². The molecule has 0 unspecified atom stereocenters. The van der Waals surface area contributed by atoms with Gasteiger partial charge in [-0.1, -0.05) is 22.0 Å². The number of rotatable bonds is 5. The standard InChI is InChI=1S/C24H20BrN3O4S/c1-13-9-15(25)11-18(21(13)31-3)22(29)28-24(33)26-16-6-4-5-14(10-16)23-27-19-12-17(30-2)7-8-20(19)32-23/h4-12H,1-3H3,(H2,26,28,29,33). The van der Waals surface area contributed by atoms with Gasteiger partial charge in [-0.3, -0.25) is 10.1 Å². The van der Waals surface area contributed by atoms with Crippen LogP contribution in [0.25, 0.3) is 22.6 Å². The fourth-order valence-electron chi connectivity index (χ4n) is 3.39. The lowest BCUT2D eigenvalue weighted by atomic mass is 10.1. The molecule has 4 aromatic rings. The maximum absolute atomic E-state index is 12.8. The van der Waals surface area contributed by atoms with Crippen molar-refractivity contribution in [3.8, 4) is 23.0 Å². The molecule has 7 nitrogen and oxygen atoms in total. The zero-order chi connectivity index (χ0) is 23.5. The molecule has 0 fully saturated rings. The number of carbonyl (C=O) groups excluding carboxylic acids is 1. The van der Waals surface area contributed by atoms with Gasteiger partial charge in [-0.2, -0.15) is 0 Å². The summed E-state index contributed by atoms with van der Waals surface area (Å²) in [6.07, 6.45) is 0. The molecule has 0 aliphatic carbocycles. The molecule has 0 saturated heterocycles. The van der Waals surface area contributed by atoms with Gasteiger partial charge in [0.15, 0.2) is 10.7 Å². The van der Waals surface area contributed by atoms with Gasteiger partial charge in [-0.15, -0.1) is 0 Å². The number of amides is 1. The summed E-state index contributed by atoms with van der Waals surface area (Å²) in [4.78, 5) is 17.3. The summed E-state index contributed by atoms with van der Waals surface area (Å²) in [5, 5.41) is 5.88. The predicted octanol–water partition coefficient (Wildman–Crippen LogP) is 5.71. The zero-order valence-electron chi connectivity index (χ0n) is 18.1. The van der Waals surface area contributed by atoms with E-state index in [1.807, 2.05) is 55.5 Å². The van der Waals surface area contributed by atoms with Gasteiger partial charge >= 0.3 is 0 Å². The van der Waals surface area contributed by atoms with Crippen LogP contribution in [0.3, 0.4) is 0 Å². The van der Waals surface area contributed by atoms with Crippen molar-refractivity contribution in [1.29, 1.82) is 0 Å². The molecule has 0 radical (unpaired) electrons. The van der Waals surface area contributed by atoms with Gasteiger partial charge < -0.3 is 19.2 Å². The van der Waals surface area contributed by atoms with Crippen LogP contribution in [-0.4, -0.2) is 30.2 Å². The van der Waals surface area contributed by atoms with Crippen LogP contribution in [0.2, 0.25) is 0 Å². The minimum absolute atomic E-state index is 0.152. The molecule has 1 amide bonds. The minimum atomic E-state index is -0.377. The number of methoxy groups -OCH3 is 2. The van der Waals surface area contributed by atoms with Gasteiger partial charge in [0.05, 0.1) is 19.8 Å². The first-order valence-corrected chi connectivity index (χ1v) is 11.1. The Kier molecular flexibility index (Phi) is 6.62. The molecule has 0 aliphatic heterocycles. The summed E-state index contributed by atoms with van der Waals surface area (Å²) < 4.78 is 17.3. The van der Waals surface area contributed by atoms with E-state index < -0.39 is 0 Å². The Morgan fingerprint density at radius 2 is 1.91 bits per heavy atom. The second-order valence-corrected chi connectivity index (χ2v) is 8.47. The molecule has 1 aromatic heterocycles. The number of fused-ring (bicyclic) bond motifs is 1. The second-order valence-electron chi connectivity index (χ2n) is 7.15. The molecule has 33 heavy (non-hydrogen) atoms. The van der Waals surface area contributed by atoms with Crippen molar-refractivity contribution in [2.24, 2.45) is 0 Å². The Hall–Kier alpha value is -3.43. The average Bonchev–Trinajstić information content (AvgIpc) is 3.22. The number of nitrogens with zero attached hydrogens (tertiary/aromatic N) is 1. The first kappa shape index (κ1) is 22.8. The highest BCUT2D eigenvalue weighted by molar-refractivity contribution is 9.10. The van der Waals surface area contributed by atoms with Gasteiger partial charge in [-0.05, 0) is 67.2 Å². The molecule has 2 N–H and O–H groups in total. The van der Waals surface area contributed by atoms with Gasteiger partial charge in [0.2, 0.25) is 5.89 Å². The maximum atomic E-state index is 12.8. The van der Waals surface area contributed by atoms with Crippen LogP contribution in [0, 0.1) is 6.92 Å². The lowest BCUT2D eigenvalue weighted by Crippen LogP contribution is -2.34. The van der Waals surface area contributed by atoms with E-state index >= 15 is 0 Å². The van der Waals surface area contributed by atoms with Crippen LogP contribution in [0.15, 0.2) is 63.5 Å². The number of anilines is 1. The number of nitrogens with one attached hydrogen (secondary N) is 2. The molecule has 0 aliphatic rings. The van der Waals surface area contributed by atoms with Crippen LogP contribution >= 0.6 is 28.1 Å². The minimum Gasteiger partial charge on any atom is -0.497 e. The van der Waals surface area contributed by atoms with Crippen molar-refractivity contribution in [2.75, 3.05) is 19.5 Å². The number of oxazole rings is 1. The Labute approximate surface area is 204 Å². The molecule has 1 heterocycles. The third-order valence-electron chi connectivity index (χ3n) is 4.88. The van der Waals surface area contributed by atoms with Crippen LogP contribution in [-0.2, 0) is 0 Å². The molecule has 0 atom stereocenters. The molecule has 3 aromatic carbocycles. The van der Waals surface area contributed by atoms with Crippen molar-refractivity contribution in [3.05, 3.63) is 70.2 Å². The third kappa shape index (κ3) is 4.99. The summed E-state index contributed by atoms with van der Waals surface area (Å²) in [7, 11) is 3.13. The molecule has 9 heteroatoms. The maximum Gasteiger partial charge on any atom is 0.261 e. The number of hydrogen-bond acceptors (Lipinski definition) is 6. The first-order chi connectivity index (χ1) is 15.9. The number of aryl methyl sites for hydroxylation is 1. The number of carbonyl (C=O) groups is 1. The van der Waals surface area contributed by atoms with E-state index in [1.54, 1.807) is 13.2 Å². The largest absolute Gasteiger partial charge is 0.497 e. The molecule has 0 bridgehead atoms. The van der Waals surface area contributed by atoms with Gasteiger partial charge in [0.1, 0.15) is 17.0 Å². The number of aromatic nitrogens is 1. The topological polar surface area (TPSA) is 85.6 Å². The van der Waals surface area contributed by atoms with Gasteiger partial charge in [-0.25, -0.2) is 4.98 Å². The average molecular weight is 526 g/mol. The SMILES string of the molecule is COc1ccc2oc(-c3cccc(NC(=S)NC(=O)c4cc(Br)cc(C)c4OC)c3)nc2c1. The monoisotopic (exact) mass is 525 g/mol. The van der Waals surface area contributed by atoms with E-state index in [0.29, 0.717) is 39.7 Å². The predicted molar refractivity (Wildman–Crippen MR) is 135 cm³/mol. The van der Waals surface area contributed by atoms with Crippen LogP contribution in [0.5, 0.6) is 11.5 Å². The van der Waals surface area contributed by atoms with E-state index in [-0.39, 0.29) is 11.0 Å². The molecule has 168 valence electrons. The van der Waals surface area contributed by atoms with Crippen LogP contribution < -0.4 is 20.1 Å². The summed E-state index contributed by atoms with van der Waals surface area (Å²) in [6.45, 7) is 1.87. The lowest BCUT2D eigenvalue weighted by Gasteiger charge is -2.14. The van der Waals surface area contributed by atoms with Crippen LogP contribution in [0.1, 0.15) is 15.9 Å². The summed E-state index contributed by atoms with van der Waals surface area (Å²) in [6, 6.07) is 16.4. The van der Waals surface area contributed by atoms with Crippen molar-refractivity contribution in [3.63, 3.8) is 0 Å². The normalized spacial score (nSPS) is 10.7. The van der Waals surface area contributed by atoms with E-state index in [1.165, 1.54) is 7.11 Å². The number of ether oxygens (including phenoxy) is 2. The van der Waals surface area contributed by atoms with E-state index in [0.717, 1.165) is 15.6 Å². The van der Waals surface area contributed by atoms with Crippen molar-refractivity contribution in [1.82, 2.24) is 10.3 Å². The van der Waals surface area contributed by atoms with Gasteiger partial charge in [0.25, 0.3) is 5.91 Å². The quantitative estimate of drug-likeness (QED) is 0.322. The van der Waals surface area contributed by atoms with E-state index in [4.69, 9.17) is 26.1 Å². The Balaban J connectivity index is 1.51. The zero-order valence-corrected chi connectivity index (χ0v) is 20.5. The Morgan fingerprint density at radius 1 is 1.09 bits per heavy atom. The Morgan fingerprint density at radius 3 is 2.67 bits per heavy atom. The molecular formula is C24H20BrN3O4S. The number of thiocarbonyl (C=S) groups is 1. The van der Waals surface area contributed by atoms with Gasteiger partial charge in [0, 0.05) is 21.8 Å². The fraction of sp³-hybridized carbons (Fsp3) is 0.125. The Bertz CT molecular complexity index is 1370. The van der Waals surface area contributed by atoms with Crippen molar-refractivity contribution < 1.29 is 18.7 Å². The highest BCUT2D eigenvalue weighted by atomic mass is 79.9. The first-order valence-electron chi connectivity index (χ1n) is 9.89. The van der Waals surface area contributed by atoms with Crippen molar-refractivity contribution in [2.45, 2.75) is 6.92 Å². The summed E-state index contributed by atoms with van der Waals surface area (Å²) in [5.74, 6) is 1.29. The number of benzene rings is 3. The summed E-state index contributed by atoms with van der Waals surface area (Å²) in [5.41, 5.74) is 4.00. The highest BCUT2D eigenvalue weighted by Crippen LogP contribution is 2.29. The van der Waals surface area contributed by atoms with Crippen LogP contribution in [0.4, 0.5) is 5.69 Å². The number of hydrogen-bond donors (Lipinski definition) is 2. The highest BCUT2D eigenvalue weighted by Gasteiger charge is 2.17. The van der Waals surface area contributed by atoms with E-state index in [9.17, 15) is 4.79 Å². The second kappa shape index (κ2) is 9.60. The summed E-state index contributed by atoms with van der Waals surface area (Å²) >= 11 is 8.76. The van der Waals surface area contributed by atoms with E-state index in [2.05, 4.69) is 31.5 Å². The fourth-order valence-corrected chi connectivity index (χ4v) is 4.17. The lowest BCUT2D eigenvalue weighted by molar-refractivity contribution is 0.0974. The third-order valence-corrected chi connectivity index (χ3v) is 5.54.